The van der Waals surface area contributed by atoms with Crippen LogP contribution in [0.5, 0.6) is 0 Å². The molecule has 0 saturated heterocycles. The molecule has 0 aliphatic heterocycles. The molecule has 1 aromatic carbocycles. The van der Waals surface area contributed by atoms with E-state index >= 15 is 0 Å². The molecule has 106 valence electrons. The fourth-order valence-corrected chi connectivity index (χ4v) is 2.67. The molecule has 2 aromatic rings. The van der Waals surface area contributed by atoms with Crippen molar-refractivity contribution in [1.82, 2.24) is 10.3 Å². The quantitative estimate of drug-likeness (QED) is 0.861. The van der Waals surface area contributed by atoms with Gasteiger partial charge in [-0.3, -0.25) is 4.98 Å². The highest BCUT2D eigenvalue weighted by Crippen LogP contribution is 2.23. The van der Waals surface area contributed by atoms with E-state index in [0.717, 1.165) is 19.4 Å². The maximum atomic E-state index is 4.26. The summed E-state index contributed by atoms with van der Waals surface area (Å²) in [6.07, 6.45) is 5.95. The Bertz CT molecular complexity index is 549. The molecule has 1 heterocycles. The maximum absolute atomic E-state index is 4.26. The number of nitrogens with zero attached hydrogens (tertiary/aromatic N) is 1. The summed E-state index contributed by atoms with van der Waals surface area (Å²) >= 11 is 0. The lowest BCUT2D eigenvalue weighted by molar-refractivity contribution is 0.544. The second-order valence-corrected chi connectivity index (χ2v) is 5.17. The highest BCUT2D eigenvalue weighted by Gasteiger charge is 2.15. The minimum absolute atomic E-state index is 0.360. The number of hydrogen-bond acceptors (Lipinski definition) is 2. The Kier molecular flexibility index (Phi) is 5.31. The predicted molar refractivity (Wildman–Crippen MR) is 84.9 cm³/mol. The second-order valence-electron chi connectivity index (χ2n) is 5.17. The first-order chi connectivity index (χ1) is 9.76. The largest absolute Gasteiger partial charge is 0.310 e. The zero-order valence-electron chi connectivity index (χ0n) is 12.7. The molecule has 2 heteroatoms. The standard InChI is InChI=1S/C18H24N2/c1-4-15-13-19-11-10-17(15)18(20-5-2)12-16-9-7-6-8-14(16)3/h6-11,13,18,20H,4-5,12H2,1-3H3. The molecule has 20 heavy (non-hydrogen) atoms. The molecular formula is C18H24N2. The van der Waals surface area contributed by atoms with Gasteiger partial charge in [-0.1, -0.05) is 38.1 Å². The van der Waals surface area contributed by atoms with E-state index in [1.165, 1.54) is 22.3 Å². The Balaban J connectivity index is 2.29. The lowest BCUT2D eigenvalue weighted by Gasteiger charge is -2.22. The van der Waals surface area contributed by atoms with Crippen LogP contribution in [0.15, 0.2) is 42.7 Å². The first-order valence-corrected chi connectivity index (χ1v) is 7.46. The molecule has 2 rings (SSSR count). The summed E-state index contributed by atoms with van der Waals surface area (Å²) in [5.41, 5.74) is 5.50. The molecule has 2 nitrogen and oxygen atoms in total. The number of hydrogen-bond donors (Lipinski definition) is 1. The topological polar surface area (TPSA) is 24.9 Å². The molecule has 0 spiro atoms. The van der Waals surface area contributed by atoms with E-state index in [4.69, 9.17) is 0 Å². The third-order valence-electron chi connectivity index (χ3n) is 3.83. The molecule has 0 saturated carbocycles. The number of rotatable bonds is 6. The predicted octanol–water partition coefficient (Wildman–Crippen LogP) is 3.85. The van der Waals surface area contributed by atoms with E-state index < -0.39 is 0 Å². The molecule has 0 aliphatic rings. The van der Waals surface area contributed by atoms with Crippen molar-refractivity contribution >= 4 is 0 Å². The van der Waals surface area contributed by atoms with Gasteiger partial charge >= 0.3 is 0 Å². The van der Waals surface area contributed by atoms with Crippen LogP contribution < -0.4 is 5.32 Å². The fourth-order valence-electron chi connectivity index (χ4n) is 2.67. The Morgan fingerprint density at radius 1 is 1.10 bits per heavy atom. The Labute approximate surface area is 122 Å². The smallest absolute Gasteiger partial charge is 0.0364 e. The second kappa shape index (κ2) is 7.20. The average Bonchev–Trinajstić information content (AvgIpc) is 2.49. The Morgan fingerprint density at radius 3 is 2.60 bits per heavy atom. The van der Waals surface area contributed by atoms with Crippen molar-refractivity contribution in [3.05, 3.63) is 65.0 Å². The van der Waals surface area contributed by atoms with Gasteiger partial charge in [-0.2, -0.15) is 0 Å². The summed E-state index contributed by atoms with van der Waals surface area (Å²) in [4.78, 5) is 4.26. The number of aryl methyl sites for hydroxylation is 2. The minimum Gasteiger partial charge on any atom is -0.310 e. The number of benzene rings is 1. The summed E-state index contributed by atoms with van der Waals surface area (Å²) in [6.45, 7) is 7.52. The molecule has 1 N–H and O–H groups in total. The molecule has 1 aromatic heterocycles. The van der Waals surface area contributed by atoms with Gasteiger partial charge in [0, 0.05) is 18.4 Å². The van der Waals surface area contributed by atoms with E-state index in [1.54, 1.807) is 0 Å². The molecular weight excluding hydrogens is 244 g/mol. The summed E-state index contributed by atoms with van der Waals surface area (Å²) in [5.74, 6) is 0. The van der Waals surface area contributed by atoms with Crippen LogP contribution in [-0.4, -0.2) is 11.5 Å². The molecule has 0 fully saturated rings. The zero-order valence-corrected chi connectivity index (χ0v) is 12.7. The minimum atomic E-state index is 0.360. The highest BCUT2D eigenvalue weighted by atomic mass is 14.9. The summed E-state index contributed by atoms with van der Waals surface area (Å²) < 4.78 is 0. The molecule has 0 aliphatic carbocycles. The van der Waals surface area contributed by atoms with E-state index in [9.17, 15) is 0 Å². The van der Waals surface area contributed by atoms with Gasteiger partial charge < -0.3 is 5.32 Å². The van der Waals surface area contributed by atoms with Gasteiger partial charge in [-0.25, -0.2) is 0 Å². The third-order valence-corrected chi connectivity index (χ3v) is 3.83. The zero-order chi connectivity index (χ0) is 14.4. The highest BCUT2D eigenvalue weighted by molar-refractivity contribution is 5.32. The first kappa shape index (κ1) is 14.7. The van der Waals surface area contributed by atoms with Crippen LogP contribution in [0.1, 0.15) is 42.1 Å². The number of aromatic nitrogens is 1. The van der Waals surface area contributed by atoms with Crippen LogP contribution in [0.3, 0.4) is 0 Å². The molecule has 1 atom stereocenters. The molecule has 0 bridgehead atoms. The van der Waals surface area contributed by atoms with E-state index in [0.29, 0.717) is 6.04 Å². The van der Waals surface area contributed by atoms with Gasteiger partial charge in [0.25, 0.3) is 0 Å². The summed E-state index contributed by atoms with van der Waals surface area (Å²) in [5, 5.41) is 3.62. The lowest BCUT2D eigenvalue weighted by Crippen LogP contribution is -2.24. The van der Waals surface area contributed by atoms with Crippen molar-refractivity contribution in [2.45, 2.75) is 39.7 Å². The van der Waals surface area contributed by atoms with Crippen molar-refractivity contribution in [3.8, 4) is 0 Å². The number of pyridine rings is 1. The number of likely N-dealkylation sites (N-methyl/N-ethyl adjacent to an activating group) is 1. The van der Waals surface area contributed by atoms with Crippen molar-refractivity contribution in [3.63, 3.8) is 0 Å². The molecule has 0 radical (unpaired) electrons. The van der Waals surface area contributed by atoms with Gasteiger partial charge in [0.05, 0.1) is 0 Å². The monoisotopic (exact) mass is 268 g/mol. The van der Waals surface area contributed by atoms with Crippen molar-refractivity contribution in [1.29, 1.82) is 0 Å². The van der Waals surface area contributed by atoms with Crippen LogP contribution in [0.25, 0.3) is 0 Å². The van der Waals surface area contributed by atoms with Gasteiger partial charge in [-0.15, -0.1) is 0 Å². The van der Waals surface area contributed by atoms with Gasteiger partial charge in [0.2, 0.25) is 0 Å². The normalized spacial score (nSPS) is 12.3. The lowest BCUT2D eigenvalue weighted by atomic mass is 9.93. The van der Waals surface area contributed by atoms with Gasteiger partial charge in [0.1, 0.15) is 0 Å². The maximum Gasteiger partial charge on any atom is 0.0364 e. The molecule has 1 unspecified atom stereocenters. The summed E-state index contributed by atoms with van der Waals surface area (Å²) in [6, 6.07) is 11.2. The SMILES string of the molecule is CCNC(Cc1ccccc1C)c1ccncc1CC. The van der Waals surface area contributed by atoms with E-state index in [1.807, 2.05) is 12.4 Å². The Morgan fingerprint density at radius 2 is 1.90 bits per heavy atom. The average molecular weight is 268 g/mol. The van der Waals surface area contributed by atoms with Crippen molar-refractivity contribution in [2.75, 3.05) is 6.54 Å². The number of nitrogens with one attached hydrogen (secondary N) is 1. The van der Waals surface area contributed by atoms with Gasteiger partial charge in [-0.05, 0) is 54.6 Å². The third kappa shape index (κ3) is 3.45. The fraction of sp³-hybridized carbons (Fsp3) is 0.389. The van der Waals surface area contributed by atoms with Gasteiger partial charge in [0.15, 0.2) is 0 Å². The summed E-state index contributed by atoms with van der Waals surface area (Å²) in [7, 11) is 0. The van der Waals surface area contributed by atoms with Crippen LogP contribution in [0.2, 0.25) is 0 Å². The van der Waals surface area contributed by atoms with Crippen LogP contribution in [0, 0.1) is 6.92 Å². The van der Waals surface area contributed by atoms with Crippen LogP contribution >= 0.6 is 0 Å². The van der Waals surface area contributed by atoms with Crippen molar-refractivity contribution < 1.29 is 0 Å². The molecule has 0 amide bonds. The van der Waals surface area contributed by atoms with E-state index in [-0.39, 0.29) is 0 Å². The van der Waals surface area contributed by atoms with Crippen molar-refractivity contribution in [2.24, 2.45) is 0 Å². The Hall–Kier alpha value is -1.67. The van der Waals surface area contributed by atoms with Crippen LogP contribution in [-0.2, 0) is 12.8 Å². The first-order valence-electron chi connectivity index (χ1n) is 7.46. The van der Waals surface area contributed by atoms with Crippen LogP contribution in [0.4, 0.5) is 0 Å². The van der Waals surface area contributed by atoms with E-state index in [2.05, 4.69) is 61.4 Å².